The molecule has 1 aliphatic heterocycles. The highest BCUT2D eigenvalue weighted by Gasteiger charge is 2.42. The normalized spacial score (nSPS) is 16.5. The molecule has 8 heteroatoms. The van der Waals surface area contributed by atoms with Gasteiger partial charge in [0, 0.05) is 21.9 Å². The molecule has 1 aliphatic rings. The number of esters is 2. The lowest BCUT2D eigenvalue weighted by Gasteiger charge is -2.37. The van der Waals surface area contributed by atoms with Crippen LogP contribution in [0.4, 0.5) is 4.79 Å². The van der Waals surface area contributed by atoms with Crippen molar-refractivity contribution in [2.24, 2.45) is 0 Å². The van der Waals surface area contributed by atoms with Crippen LogP contribution in [0.3, 0.4) is 0 Å². The number of ether oxygens (including phenoxy) is 3. The van der Waals surface area contributed by atoms with E-state index in [0.717, 1.165) is 0 Å². The van der Waals surface area contributed by atoms with Gasteiger partial charge in [0.1, 0.15) is 0 Å². The number of hydrogen-bond acceptors (Lipinski definition) is 6. The van der Waals surface area contributed by atoms with Crippen molar-refractivity contribution >= 4 is 35.2 Å². The van der Waals surface area contributed by atoms with Crippen LogP contribution in [0.5, 0.6) is 0 Å². The van der Waals surface area contributed by atoms with Crippen molar-refractivity contribution in [2.75, 3.05) is 19.8 Å². The van der Waals surface area contributed by atoms with Crippen molar-refractivity contribution in [1.82, 2.24) is 4.90 Å². The van der Waals surface area contributed by atoms with E-state index < -0.39 is 24.1 Å². The first kappa shape index (κ1) is 23.5. The molecular weight excluding hydrogens is 410 g/mol. The third kappa shape index (κ3) is 4.51. The highest BCUT2D eigenvalue weighted by molar-refractivity contribution is 6.33. The van der Waals surface area contributed by atoms with E-state index in [1.165, 1.54) is 4.90 Å². The van der Waals surface area contributed by atoms with E-state index >= 15 is 0 Å². The fourth-order valence-electron chi connectivity index (χ4n) is 3.43. The second-order valence-electron chi connectivity index (χ2n) is 6.41. The van der Waals surface area contributed by atoms with Crippen LogP contribution in [-0.2, 0) is 23.8 Å². The summed E-state index contributed by atoms with van der Waals surface area (Å²) in [6, 6.07) is 6.10. The molecule has 1 atom stereocenters. The summed E-state index contributed by atoms with van der Waals surface area (Å²) in [4.78, 5) is 39.9. The highest BCUT2D eigenvalue weighted by atomic mass is 35.5. The second-order valence-corrected chi connectivity index (χ2v) is 6.82. The van der Waals surface area contributed by atoms with Gasteiger partial charge in [-0.25, -0.2) is 14.4 Å². The Balaban J connectivity index is 2.89. The van der Waals surface area contributed by atoms with Crippen LogP contribution in [0.25, 0.3) is 5.57 Å². The average Bonchev–Trinajstić information content (AvgIpc) is 2.68. The van der Waals surface area contributed by atoms with E-state index in [9.17, 15) is 14.4 Å². The third-order valence-electron chi connectivity index (χ3n) is 4.63. The number of carbonyl (C=O) groups is 3. The van der Waals surface area contributed by atoms with Crippen molar-refractivity contribution in [1.29, 1.82) is 0 Å². The van der Waals surface area contributed by atoms with Gasteiger partial charge in [0.25, 0.3) is 0 Å². The van der Waals surface area contributed by atoms with Crippen molar-refractivity contribution in [3.8, 4) is 0 Å². The molecule has 1 aromatic carbocycles. The van der Waals surface area contributed by atoms with E-state index in [1.807, 2.05) is 0 Å². The molecule has 0 saturated carbocycles. The van der Waals surface area contributed by atoms with Crippen molar-refractivity contribution in [2.45, 2.75) is 40.7 Å². The average molecular weight is 436 g/mol. The number of allylic oxidation sites excluding steroid dienone is 1. The van der Waals surface area contributed by atoms with E-state index in [1.54, 1.807) is 58.9 Å². The number of carbonyl (C=O) groups excluding carboxylic acids is 3. The molecule has 0 saturated heterocycles. The number of nitrogens with zero attached hydrogens (tertiary/aromatic N) is 1. The number of rotatable bonds is 6. The third-order valence-corrected chi connectivity index (χ3v) is 4.96. The fourth-order valence-corrected chi connectivity index (χ4v) is 3.66. The molecule has 1 heterocycles. The van der Waals surface area contributed by atoms with Gasteiger partial charge in [0.2, 0.25) is 0 Å². The van der Waals surface area contributed by atoms with E-state index in [0.29, 0.717) is 21.9 Å². The summed E-state index contributed by atoms with van der Waals surface area (Å²) in [7, 11) is 0. The van der Waals surface area contributed by atoms with Gasteiger partial charge >= 0.3 is 18.0 Å². The molecule has 0 aromatic heterocycles. The molecule has 162 valence electrons. The van der Waals surface area contributed by atoms with Crippen LogP contribution in [0, 0.1) is 0 Å². The Labute approximate surface area is 181 Å². The molecule has 0 bridgehead atoms. The maximum Gasteiger partial charge on any atom is 0.414 e. The molecular formula is C22H26ClNO6. The quantitative estimate of drug-likeness (QED) is 0.488. The van der Waals surface area contributed by atoms with Gasteiger partial charge in [-0.1, -0.05) is 29.8 Å². The predicted octanol–water partition coefficient (Wildman–Crippen LogP) is 4.35. The smallest absolute Gasteiger partial charge is 0.414 e. The van der Waals surface area contributed by atoms with Crippen LogP contribution >= 0.6 is 11.6 Å². The van der Waals surface area contributed by atoms with Gasteiger partial charge in [-0.15, -0.1) is 0 Å². The lowest BCUT2D eigenvalue weighted by molar-refractivity contribution is -0.139. The molecule has 0 spiro atoms. The Morgan fingerprint density at radius 2 is 1.53 bits per heavy atom. The summed E-state index contributed by atoms with van der Waals surface area (Å²) in [5, 5.41) is 0.348. The minimum absolute atomic E-state index is 0.0687. The van der Waals surface area contributed by atoms with Crippen molar-refractivity contribution < 1.29 is 28.6 Å². The Hall–Kier alpha value is -2.80. The van der Waals surface area contributed by atoms with Crippen LogP contribution in [0.15, 0.2) is 41.1 Å². The zero-order chi connectivity index (χ0) is 22.4. The Kier molecular flexibility index (Phi) is 8.06. The summed E-state index contributed by atoms with van der Waals surface area (Å²) in [5.41, 5.74) is 1.27. The second kappa shape index (κ2) is 10.3. The van der Waals surface area contributed by atoms with Crippen molar-refractivity contribution in [3.05, 3.63) is 51.7 Å². The van der Waals surface area contributed by atoms with Gasteiger partial charge < -0.3 is 14.2 Å². The van der Waals surface area contributed by atoms with E-state index in [-0.39, 0.29) is 31.0 Å². The SMILES string of the molecule is CCOC(=O)C1=C(C)N(C(=O)OCC)C(C)C(C(=O)OCC)=C1c1ccccc1Cl. The minimum Gasteiger partial charge on any atom is -0.463 e. The molecule has 2 rings (SSSR count). The summed E-state index contributed by atoms with van der Waals surface area (Å²) in [6.07, 6.45) is -0.677. The zero-order valence-electron chi connectivity index (χ0n) is 17.8. The fraction of sp³-hybridized carbons (Fsp3) is 0.409. The molecule has 30 heavy (non-hydrogen) atoms. The summed E-state index contributed by atoms with van der Waals surface area (Å²) in [5.74, 6) is -1.32. The molecule has 0 N–H and O–H groups in total. The Bertz CT molecular complexity index is 905. The van der Waals surface area contributed by atoms with Crippen molar-refractivity contribution in [3.63, 3.8) is 0 Å². The lowest BCUT2D eigenvalue weighted by atomic mass is 9.84. The topological polar surface area (TPSA) is 82.1 Å². The van der Waals surface area contributed by atoms with Gasteiger partial charge in [0.05, 0.1) is 37.0 Å². The molecule has 7 nitrogen and oxygen atoms in total. The van der Waals surface area contributed by atoms with Gasteiger partial charge in [-0.2, -0.15) is 0 Å². The van der Waals surface area contributed by atoms with Gasteiger partial charge in [0.15, 0.2) is 0 Å². The monoisotopic (exact) mass is 435 g/mol. The summed E-state index contributed by atoms with van der Waals surface area (Å²) >= 11 is 6.43. The predicted molar refractivity (Wildman–Crippen MR) is 113 cm³/mol. The molecule has 0 fully saturated rings. The Morgan fingerprint density at radius 1 is 0.967 bits per heavy atom. The molecule has 0 aliphatic carbocycles. The summed E-state index contributed by atoms with van der Waals surface area (Å²) < 4.78 is 15.7. The van der Waals surface area contributed by atoms with Gasteiger partial charge in [-0.05, 0) is 40.7 Å². The number of hydrogen-bond donors (Lipinski definition) is 0. The number of amides is 1. The van der Waals surface area contributed by atoms with Crippen LogP contribution in [0.1, 0.15) is 40.2 Å². The highest BCUT2D eigenvalue weighted by Crippen LogP contribution is 2.41. The molecule has 1 aromatic rings. The van der Waals surface area contributed by atoms with Crippen LogP contribution in [-0.4, -0.2) is 48.8 Å². The van der Waals surface area contributed by atoms with E-state index in [4.69, 9.17) is 25.8 Å². The first-order valence-electron chi connectivity index (χ1n) is 9.80. The number of benzene rings is 1. The molecule has 1 unspecified atom stereocenters. The number of halogens is 1. The van der Waals surface area contributed by atoms with Gasteiger partial charge in [-0.3, -0.25) is 4.90 Å². The lowest BCUT2D eigenvalue weighted by Crippen LogP contribution is -2.45. The first-order chi connectivity index (χ1) is 14.3. The maximum absolute atomic E-state index is 13.0. The minimum atomic E-state index is -0.757. The van der Waals surface area contributed by atoms with Crippen LogP contribution < -0.4 is 0 Å². The zero-order valence-corrected chi connectivity index (χ0v) is 18.5. The van der Waals surface area contributed by atoms with E-state index in [2.05, 4.69) is 0 Å². The molecule has 1 amide bonds. The maximum atomic E-state index is 13.0. The Morgan fingerprint density at radius 3 is 2.10 bits per heavy atom. The summed E-state index contributed by atoms with van der Waals surface area (Å²) in [6.45, 7) is 8.70. The van der Waals surface area contributed by atoms with Crippen LogP contribution in [0.2, 0.25) is 5.02 Å². The first-order valence-corrected chi connectivity index (χ1v) is 10.2. The molecule has 0 radical (unpaired) electrons. The standard InChI is InChI=1S/C22H26ClNO6/c1-6-28-20(25)17-13(4)24(22(27)30-8-3)14(5)18(21(26)29-7-2)19(17)15-11-9-10-12-16(15)23/h9-13H,6-8H2,1-5H3. The largest absolute Gasteiger partial charge is 0.463 e.